The van der Waals surface area contributed by atoms with Crippen LogP contribution in [-0.4, -0.2) is 11.0 Å². The first-order valence-electron chi connectivity index (χ1n) is 7.04. The summed E-state index contributed by atoms with van der Waals surface area (Å²) in [4.78, 5) is 4.34. The summed E-state index contributed by atoms with van der Waals surface area (Å²) in [6.45, 7) is 6.25. The van der Waals surface area contributed by atoms with Gasteiger partial charge in [0, 0.05) is 17.8 Å². The molecule has 2 N–H and O–H groups in total. The molecule has 0 amide bonds. The molecule has 106 valence electrons. The lowest BCUT2D eigenvalue weighted by atomic mass is 10.1. The Morgan fingerprint density at radius 3 is 2.70 bits per heavy atom. The van der Waals surface area contributed by atoms with E-state index in [9.17, 15) is 0 Å². The van der Waals surface area contributed by atoms with Gasteiger partial charge in [-0.3, -0.25) is 0 Å². The molecule has 2 rings (SSSR count). The molecule has 0 saturated carbocycles. The zero-order valence-corrected chi connectivity index (χ0v) is 12.4. The van der Waals surface area contributed by atoms with Crippen LogP contribution in [0.25, 0.3) is 0 Å². The SMILES string of the molecule is CCC(N)Cc1cccnc1Oc1ccc(C)c(C)c1. The highest BCUT2D eigenvalue weighted by Crippen LogP contribution is 2.25. The molecule has 0 fully saturated rings. The van der Waals surface area contributed by atoms with Crippen LogP contribution in [0.4, 0.5) is 0 Å². The molecule has 1 aromatic heterocycles. The van der Waals surface area contributed by atoms with Crippen molar-refractivity contribution < 1.29 is 4.74 Å². The van der Waals surface area contributed by atoms with Gasteiger partial charge < -0.3 is 10.5 Å². The van der Waals surface area contributed by atoms with Crippen LogP contribution in [0.3, 0.4) is 0 Å². The van der Waals surface area contributed by atoms with E-state index >= 15 is 0 Å². The number of nitrogens with zero attached hydrogens (tertiary/aromatic N) is 1. The van der Waals surface area contributed by atoms with Crippen molar-refractivity contribution >= 4 is 0 Å². The Balaban J connectivity index is 2.22. The molecule has 0 aliphatic carbocycles. The second-order valence-corrected chi connectivity index (χ2v) is 5.19. The summed E-state index contributed by atoms with van der Waals surface area (Å²) in [6, 6.07) is 10.2. The minimum Gasteiger partial charge on any atom is -0.439 e. The molecule has 2 aromatic rings. The van der Waals surface area contributed by atoms with Crippen LogP contribution in [0.5, 0.6) is 11.6 Å². The number of rotatable bonds is 5. The van der Waals surface area contributed by atoms with Gasteiger partial charge in [0.1, 0.15) is 5.75 Å². The lowest BCUT2D eigenvalue weighted by Gasteiger charge is -2.13. The number of ether oxygens (including phenoxy) is 1. The van der Waals surface area contributed by atoms with Crippen molar-refractivity contribution in [3.63, 3.8) is 0 Å². The van der Waals surface area contributed by atoms with Crippen LogP contribution in [0.1, 0.15) is 30.0 Å². The molecule has 0 aliphatic rings. The van der Waals surface area contributed by atoms with Crippen LogP contribution in [-0.2, 0) is 6.42 Å². The summed E-state index contributed by atoms with van der Waals surface area (Å²) in [5.41, 5.74) is 9.55. The second kappa shape index (κ2) is 6.53. The van der Waals surface area contributed by atoms with Gasteiger partial charge in [-0.2, -0.15) is 0 Å². The molecule has 1 aromatic carbocycles. The number of benzene rings is 1. The minimum atomic E-state index is 0.140. The molecule has 0 radical (unpaired) electrons. The Morgan fingerprint density at radius 2 is 2.00 bits per heavy atom. The van der Waals surface area contributed by atoms with Gasteiger partial charge in [0.2, 0.25) is 5.88 Å². The molecule has 3 heteroatoms. The molecular weight excluding hydrogens is 248 g/mol. The van der Waals surface area contributed by atoms with E-state index < -0.39 is 0 Å². The first-order chi connectivity index (χ1) is 9.60. The van der Waals surface area contributed by atoms with Crippen molar-refractivity contribution in [3.8, 4) is 11.6 Å². The predicted octanol–water partition coefficient (Wildman–Crippen LogP) is 3.77. The van der Waals surface area contributed by atoms with E-state index in [1.165, 1.54) is 11.1 Å². The van der Waals surface area contributed by atoms with Crippen LogP contribution < -0.4 is 10.5 Å². The van der Waals surface area contributed by atoms with E-state index in [-0.39, 0.29) is 6.04 Å². The third-order valence-electron chi connectivity index (χ3n) is 3.55. The van der Waals surface area contributed by atoms with Crippen molar-refractivity contribution in [1.29, 1.82) is 0 Å². The zero-order valence-electron chi connectivity index (χ0n) is 12.4. The molecule has 1 unspecified atom stereocenters. The van der Waals surface area contributed by atoms with E-state index in [0.29, 0.717) is 5.88 Å². The van der Waals surface area contributed by atoms with E-state index in [2.05, 4.69) is 31.8 Å². The van der Waals surface area contributed by atoms with Gasteiger partial charge in [0.05, 0.1) is 0 Å². The normalized spacial score (nSPS) is 12.2. The van der Waals surface area contributed by atoms with Crippen molar-refractivity contribution in [2.24, 2.45) is 5.73 Å². The highest BCUT2D eigenvalue weighted by atomic mass is 16.5. The van der Waals surface area contributed by atoms with E-state index in [1.54, 1.807) is 6.20 Å². The predicted molar refractivity (Wildman–Crippen MR) is 82.2 cm³/mol. The van der Waals surface area contributed by atoms with Crippen LogP contribution in [0.2, 0.25) is 0 Å². The van der Waals surface area contributed by atoms with Crippen LogP contribution in [0.15, 0.2) is 36.5 Å². The summed E-state index contributed by atoms with van der Waals surface area (Å²) in [7, 11) is 0. The monoisotopic (exact) mass is 270 g/mol. The molecule has 1 heterocycles. The number of hydrogen-bond acceptors (Lipinski definition) is 3. The Bertz CT molecular complexity index is 581. The third kappa shape index (κ3) is 3.58. The average Bonchev–Trinajstić information content (AvgIpc) is 2.45. The fraction of sp³-hybridized carbons (Fsp3) is 0.353. The second-order valence-electron chi connectivity index (χ2n) is 5.19. The van der Waals surface area contributed by atoms with Crippen LogP contribution in [0, 0.1) is 13.8 Å². The number of aromatic nitrogens is 1. The summed E-state index contributed by atoms with van der Waals surface area (Å²) < 4.78 is 5.92. The highest BCUT2D eigenvalue weighted by molar-refractivity contribution is 5.37. The van der Waals surface area contributed by atoms with Crippen LogP contribution >= 0.6 is 0 Å². The van der Waals surface area contributed by atoms with Gasteiger partial charge >= 0.3 is 0 Å². The Kier molecular flexibility index (Phi) is 4.74. The Hall–Kier alpha value is -1.87. The lowest BCUT2D eigenvalue weighted by molar-refractivity contribution is 0.452. The summed E-state index contributed by atoms with van der Waals surface area (Å²) in [5, 5.41) is 0. The maximum absolute atomic E-state index is 6.03. The Morgan fingerprint density at radius 1 is 1.20 bits per heavy atom. The first kappa shape index (κ1) is 14.5. The van der Waals surface area contributed by atoms with E-state index in [1.807, 2.05) is 24.3 Å². The molecule has 1 atom stereocenters. The largest absolute Gasteiger partial charge is 0.439 e. The first-order valence-corrected chi connectivity index (χ1v) is 7.04. The molecule has 0 spiro atoms. The van der Waals surface area contributed by atoms with Gasteiger partial charge in [-0.25, -0.2) is 4.98 Å². The average molecular weight is 270 g/mol. The molecule has 0 bridgehead atoms. The summed E-state index contributed by atoms with van der Waals surface area (Å²) in [6.07, 6.45) is 3.47. The fourth-order valence-electron chi connectivity index (χ4n) is 1.99. The van der Waals surface area contributed by atoms with Crippen molar-refractivity contribution in [3.05, 3.63) is 53.2 Å². The topological polar surface area (TPSA) is 48.1 Å². The van der Waals surface area contributed by atoms with E-state index in [0.717, 1.165) is 24.2 Å². The van der Waals surface area contributed by atoms with Crippen molar-refractivity contribution in [2.75, 3.05) is 0 Å². The summed E-state index contributed by atoms with van der Waals surface area (Å²) >= 11 is 0. The molecular formula is C17H22N2O. The number of aryl methyl sites for hydroxylation is 2. The number of pyridine rings is 1. The molecule has 3 nitrogen and oxygen atoms in total. The van der Waals surface area contributed by atoms with Gasteiger partial charge in [-0.05, 0) is 56.0 Å². The van der Waals surface area contributed by atoms with E-state index in [4.69, 9.17) is 10.5 Å². The van der Waals surface area contributed by atoms with Gasteiger partial charge in [-0.1, -0.05) is 19.1 Å². The quantitative estimate of drug-likeness (QED) is 0.899. The third-order valence-corrected chi connectivity index (χ3v) is 3.55. The number of nitrogens with two attached hydrogens (primary N) is 1. The maximum Gasteiger partial charge on any atom is 0.222 e. The maximum atomic E-state index is 6.03. The van der Waals surface area contributed by atoms with Gasteiger partial charge in [-0.15, -0.1) is 0 Å². The number of hydrogen-bond donors (Lipinski definition) is 1. The molecule has 20 heavy (non-hydrogen) atoms. The van der Waals surface area contributed by atoms with Gasteiger partial charge in [0.25, 0.3) is 0 Å². The Labute approximate surface area is 120 Å². The van der Waals surface area contributed by atoms with Crippen molar-refractivity contribution in [2.45, 2.75) is 39.7 Å². The fourth-order valence-corrected chi connectivity index (χ4v) is 1.99. The smallest absolute Gasteiger partial charge is 0.222 e. The van der Waals surface area contributed by atoms with Gasteiger partial charge in [0.15, 0.2) is 0 Å². The minimum absolute atomic E-state index is 0.140. The van der Waals surface area contributed by atoms with Crippen molar-refractivity contribution in [1.82, 2.24) is 4.98 Å². The standard InChI is InChI=1S/C17H22N2O/c1-4-15(18)11-14-6-5-9-19-17(14)20-16-8-7-12(2)13(3)10-16/h5-10,15H,4,11,18H2,1-3H3. The summed E-state index contributed by atoms with van der Waals surface area (Å²) in [5.74, 6) is 1.47. The molecule has 0 aliphatic heterocycles. The highest BCUT2D eigenvalue weighted by Gasteiger charge is 2.10. The lowest BCUT2D eigenvalue weighted by Crippen LogP contribution is -2.21. The zero-order chi connectivity index (χ0) is 14.5. The molecule has 0 saturated heterocycles.